The predicted octanol–water partition coefficient (Wildman–Crippen LogP) is 4.80. The van der Waals surface area contributed by atoms with Gasteiger partial charge in [-0.3, -0.25) is 4.79 Å². The molecule has 0 amide bonds. The minimum absolute atomic E-state index is 0.0676. The highest BCUT2D eigenvalue weighted by Crippen LogP contribution is 2.68. The van der Waals surface area contributed by atoms with Crippen LogP contribution in [0.25, 0.3) is 0 Å². The molecule has 6 rings (SSSR count). The molecule has 10 heteroatoms. The Hall–Kier alpha value is -1.37. The summed E-state index contributed by atoms with van der Waals surface area (Å²) in [5.74, 6) is 1.50. The summed E-state index contributed by atoms with van der Waals surface area (Å²) in [4.78, 5) is 12.8. The molecular weight excluding hydrogens is 592 g/mol. The van der Waals surface area contributed by atoms with Crippen molar-refractivity contribution in [1.29, 1.82) is 0 Å². The fourth-order valence-corrected chi connectivity index (χ4v) is 10.4. The quantitative estimate of drug-likeness (QED) is 0.266. The van der Waals surface area contributed by atoms with Gasteiger partial charge < -0.3 is 43.4 Å². The van der Waals surface area contributed by atoms with Gasteiger partial charge in [-0.05, 0) is 101 Å². The third-order valence-corrected chi connectivity index (χ3v) is 13.1. The van der Waals surface area contributed by atoms with Crippen molar-refractivity contribution < 1.29 is 48.2 Å². The molecule has 0 bridgehead atoms. The smallest absolute Gasteiger partial charge is 0.252 e. The van der Waals surface area contributed by atoms with Crippen LogP contribution < -0.4 is 0 Å². The topological polar surface area (TPSA) is 122 Å². The van der Waals surface area contributed by atoms with Gasteiger partial charge in [0, 0.05) is 18.9 Å². The Morgan fingerprint density at radius 2 is 1.83 bits per heavy atom. The van der Waals surface area contributed by atoms with Crippen LogP contribution in [0.5, 0.6) is 0 Å². The van der Waals surface area contributed by atoms with Crippen LogP contribution in [0.1, 0.15) is 92.4 Å². The summed E-state index contributed by atoms with van der Waals surface area (Å²) in [6, 6.07) is 0. The number of allylic oxidation sites excluding steroid dienone is 1. The van der Waals surface area contributed by atoms with E-state index in [0.29, 0.717) is 36.4 Å². The van der Waals surface area contributed by atoms with Crippen LogP contribution >= 0.6 is 0 Å². The van der Waals surface area contributed by atoms with Crippen LogP contribution in [-0.2, 0) is 38.0 Å². The highest BCUT2D eigenvalue weighted by molar-refractivity contribution is 5.96. The maximum Gasteiger partial charge on any atom is 0.252 e. The zero-order valence-electron chi connectivity index (χ0n) is 28.7. The first-order chi connectivity index (χ1) is 21.8. The number of carbonyl (C=O) groups excluding carboxylic acids is 1. The van der Waals surface area contributed by atoms with Gasteiger partial charge in [-0.15, -0.1) is 0 Å². The van der Waals surface area contributed by atoms with Gasteiger partial charge in [-0.2, -0.15) is 0 Å². The lowest BCUT2D eigenvalue weighted by molar-refractivity contribution is -0.296. The fraction of sp³-hybridized carbons (Fsp3) is 0.861. The molecule has 4 aliphatic carbocycles. The number of aliphatic hydroxyl groups is 2. The van der Waals surface area contributed by atoms with Crippen molar-refractivity contribution in [1.82, 2.24) is 0 Å². The van der Waals surface area contributed by atoms with Gasteiger partial charge in [0.2, 0.25) is 6.29 Å². The average Bonchev–Trinajstić information content (AvgIpc) is 3.31. The first-order valence-electron chi connectivity index (χ1n) is 17.5. The molecular formula is C36H56O10. The van der Waals surface area contributed by atoms with Crippen LogP contribution in [0.3, 0.4) is 0 Å². The zero-order valence-corrected chi connectivity index (χ0v) is 28.7. The third kappa shape index (κ3) is 5.82. The number of Topliss-reactive ketones (excluding diaryl/α,β-unsaturated/α-hetero) is 1. The zero-order chi connectivity index (χ0) is 33.0. The second kappa shape index (κ2) is 13.2. The van der Waals surface area contributed by atoms with Gasteiger partial charge in [0.15, 0.2) is 12.0 Å². The molecule has 260 valence electrons. The van der Waals surface area contributed by atoms with Gasteiger partial charge in [0.05, 0.1) is 43.2 Å². The predicted molar refractivity (Wildman–Crippen MR) is 168 cm³/mol. The van der Waals surface area contributed by atoms with E-state index in [2.05, 4.69) is 19.9 Å². The van der Waals surface area contributed by atoms with Crippen molar-refractivity contribution in [3.05, 3.63) is 23.5 Å². The molecule has 46 heavy (non-hydrogen) atoms. The molecule has 1 saturated heterocycles. The standard InChI is InChI=1S/C36H56O10/c1-20-16-28(41-7)32(38)33(43-20)46-24-10-13-34(4)23(17-24)8-9-25-26(34)11-14-35(5)27(25)12-15-36(35,39)22(3)45-30-18-29(42-19-40-6)31(37)21(2)44-30/h8,16,20-22,24-27,29-31,33,37,39H,9-15,17-19H2,1-7H3/t20-,21-,22+,24+,25-,26+,27+,29-,30+,31-,33+,34+,35+,36+/m1/s1. The average molecular weight is 649 g/mol. The van der Waals surface area contributed by atoms with Crippen molar-refractivity contribution in [3.63, 3.8) is 0 Å². The number of hydrogen-bond donors (Lipinski definition) is 2. The molecule has 0 aromatic heterocycles. The summed E-state index contributed by atoms with van der Waals surface area (Å²) in [5, 5.41) is 23.0. The van der Waals surface area contributed by atoms with Crippen LogP contribution in [0.4, 0.5) is 0 Å². The molecule has 6 aliphatic rings. The molecule has 2 aliphatic heterocycles. The molecule has 0 radical (unpaired) electrons. The molecule has 2 heterocycles. The van der Waals surface area contributed by atoms with E-state index < -0.39 is 42.6 Å². The van der Waals surface area contributed by atoms with Crippen molar-refractivity contribution in [2.75, 3.05) is 21.0 Å². The van der Waals surface area contributed by atoms with Gasteiger partial charge in [-0.1, -0.05) is 25.5 Å². The maximum absolute atomic E-state index is 12.8. The number of carbonyl (C=O) groups is 1. The van der Waals surface area contributed by atoms with Crippen molar-refractivity contribution >= 4 is 5.78 Å². The minimum atomic E-state index is -0.982. The molecule has 2 N–H and O–H groups in total. The number of hydrogen-bond acceptors (Lipinski definition) is 10. The van der Waals surface area contributed by atoms with E-state index in [1.165, 1.54) is 12.7 Å². The molecule has 0 unspecified atom stereocenters. The van der Waals surface area contributed by atoms with E-state index in [-0.39, 0.29) is 35.6 Å². The fourth-order valence-electron chi connectivity index (χ4n) is 10.4. The maximum atomic E-state index is 12.8. The highest BCUT2D eigenvalue weighted by Gasteiger charge is 2.65. The Labute approximate surface area is 274 Å². The Morgan fingerprint density at radius 1 is 1.07 bits per heavy atom. The van der Waals surface area contributed by atoms with Gasteiger partial charge in [0.25, 0.3) is 5.78 Å². The number of fused-ring (bicyclic) bond motifs is 5. The molecule has 0 aromatic rings. The number of ketones is 1. The molecule has 4 fully saturated rings. The number of aliphatic hydroxyl groups excluding tert-OH is 1. The van der Waals surface area contributed by atoms with E-state index in [1.54, 1.807) is 13.2 Å². The third-order valence-electron chi connectivity index (χ3n) is 13.1. The summed E-state index contributed by atoms with van der Waals surface area (Å²) in [6.45, 7) is 10.5. The summed E-state index contributed by atoms with van der Waals surface area (Å²) in [6.07, 6.45) is 7.98. The molecule has 10 nitrogen and oxygen atoms in total. The number of methoxy groups -OCH3 is 2. The molecule has 3 saturated carbocycles. The lowest BCUT2D eigenvalue weighted by atomic mass is 9.46. The number of rotatable bonds is 9. The Bertz CT molecular complexity index is 1190. The summed E-state index contributed by atoms with van der Waals surface area (Å²) in [7, 11) is 3.07. The van der Waals surface area contributed by atoms with E-state index in [0.717, 1.165) is 44.9 Å². The molecule has 14 atom stereocenters. The van der Waals surface area contributed by atoms with Crippen LogP contribution in [-0.4, -0.2) is 91.8 Å². The first kappa shape index (κ1) is 34.5. The van der Waals surface area contributed by atoms with E-state index in [9.17, 15) is 15.0 Å². The summed E-state index contributed by atoms with van der Waals surface area (Å²) >= 11 is 0. The van der Waals surface area contributed by atoms with E-state index in [1.807, 2.05) is 20.8 Å². The van der Waals surface area contributed by atoms with Gasteiger partial charge in [0.1, 0.15) is 12.9 Å². The lowest BCUT2D eigenvalue weighted by Gasteiger charge is -2.59. The first-order valence-corrected chi connectivity index (χ1v) is 17.5. The molecule has 0 aromatic carbocycles. The summed E-state index contributed by atoms with van der Waals surface area (Å²) in [5.41, 5.74) is 0.278. The Balaban J connectivity index is 1.12. The second-order valence-electron chi connectivity index (χ2n) is 15.3. The van der Waals surface area contributed by atoms with Gasteiger partial charge in [-0.25, -0.2) is 0 Å². The normalized spacial score (nSPS) is 48.1. The van der Waals surface area contributed by atoms with Crippen LogP contribution in [0, 0.1) is 28.6 Å². The van der Waals surface area contributed by atoms with Crippen molar-refractivity contribution in [2.45, 2.75) is 147 Å². The Morgan fingerprint density at radius 3 is 2.57 bits per heavy atom. The van der Waals surface area contributed by atoms with Crippen LogP contribution in [0.15, 0.2) is 23.5 Å². The SMILES string of the molecule is COCO[C@@H]1C[C@H](O[C@@H](C)[C@@]2(O)CC[C@H]3[C@@H]4CC=C5C[C@@H](O[C@@H]6O[C@H](C)C=C(OC)C6=O)CC[C@]5(C)[C@H]4CC[C@@]32C)O[C@H](C)[C@H]1O. The monoisotopic (exact) mass is 648 g/mol. The lowest BCUT2D eigenvalue weighted by Crippen LogP contribution is -2.59. The minimum Gasteiger partial charge on any atom is -0.493 e. The largest absolute Gasteiger partial charge is 0.493 e. The number of ether oxygens (including phenoxy) is 7. The van der Waals surface area contributed by atoms with E-state index in [4.69, 9.17) is 33.2 Å². The summed E-state index contributed by atoms with van der Waals surface area (Å²) < 4.78 is 40.7. The van der Waals surface area contributed by atoms with Crippen molar-refractivity contribution in [3.8, 4) is 0 Å². The van der Waals surface area contributed by atoms with E-state index >= 15 is 0 Å². The van der Waals surface area contributed by atoms with Gasteiger partial charge >= 0.3 is 0 Å². The second-order valence-corrected chi connectivity index (χ2v) is 15.3. The highest BCUT2D eigenvalue weighted by atomic mass is 16.7. The Kier molecular flexibility index (Phi) is 9.87. The van der Waals surface area contributed by atoms with Crippen LogP contribution in [0.2, 0.25) is 0 Å². The van der Waals surface area contributed by atoms with Crippen molar-refractivity contribution in [2.24, 2.45) is 28.6 Å². The molecule has 0 spiro atoms.